The van der Waals surface area contributed by atoms with Crippen molar-refractivity contribution in [3.8, 4) is 0 Å². The van der Waals surface area contributed by atoms with E-state index in [1.54, 1.807) is 7.05 Å². The van der Waals surface area contributed by atoms with Gasteiger partial charge in [0, 0.05) is 20.0 Å². The Morgan fingerprint density at radius 3 is 2.00 bits per heavy atom. The first-order chi connectivity index (χ1) is 9.61. The Labute approximate surface area is 124 Å². The number of carbonyl (C=O) groups is 1. The van der Waals surface area contributed by atoms with Crippen LogP contribution in [-0.4, -0.2) is 47.3 Å². The van der Waals surface area contributed by atoms with Crippen molar-refractivity contribution < 1.29 is 15.0 Å². The van der Waals surface area contributed by atoms with Gasteiger partial charge in [0.2, 0.25) is 5.91 Å². The summed E-state index contributed by atoms with van der Waals surface area (Å²) in [6.07, 6.45) is 10.9. The molecule has 0 aromatic carbocycles. The lowest BCUT2D eigenvalue weighted by molar-refractivity contribution is -0.131. The van der Waals surface area contributed by atoms with E-state index in [0.29, 0.717) is 6.42 Å². The highest BCUT2D eigenvalue weighted by molar-refractivity contribution is 5.75. The van der Waals surface area contributed by atoms with E-state index in [2.05, 4.69) is 6.92 Å². The number of unbranched alkanes of at least 4 members (excludes halogenated alkanes) is 8. The van der Waals surface area contributed by atoms with Crippen LogP contribution in [0, 0.1) is 0 Å². The Hall–Kier alpha value is -0.610. The number of aliphatic hydroxyl groups is 2. The molecule has 4 heteroatoms. The van der Waals surface area contributed by atoms with Gasteiger partial charge in [0.25, 0.3) is 0 Å². The monoisotopic (exact) mass is 287 g/mol. The molecule has 120 valence electrons. The highest BCUT2D eigenvalue weighted by Crippen LogP contribution is 2.11. The van der Waals surface area contributed by atoms with Gasteiger partial charge >= 0.3 is 0 Å². The minimum Gasteiger partial charge on any atom is -0.394 e. The Bertz CT molecular complexity index is 234. The molecule has 0 bridgehead atoms. The van der Waals surface area contributed by atoms with E-state index in [1.807, 2.05) is 0 Å². The Balaban J connectivity index is 3.39. The molecular formula is C16H33NO3. The average molecular weight is 287 g/mol. The number of hydrogen-bond acceptors (Lipinski definition) is 3. The summed E-state index contributed by atoms with van der Waals surface area (Å²) in [6.45, 7) is 2.15. The highest BCUT2D eigenvalue weighted by Gasteiger charge is 2.12. The first kappa shape index (κ1) is 19.4. The zero-order valence-corrected chi connectivity index (χ0v) is 13.3. The number of nitrogens with zero attached hydrogens (tertiary/aromatic N) is 1. The van der Waals surface area contributed by atoms with Crippen molar-refractivity contribution in [3.63, 3.8) is 0 Å². The van der Waals surface area contributed by atoms with Gasteiger partial charge in [-0.05, 0) is 6.42 Å². The fourth-order valence-corrected chi connectivity index (χ4v) is 2.25. The van der Waals surface area contributed by atoms with Crippen LogP contribution in [0.5, 0.6) is 0 Å². The van der Waals surface area contributed by atoms with Crippen molar-refractivity contribution in [2.24, 2.45) is 0 Å². The molecule has 4 nitrogen and oxygen atoms in total. The largest absolute Gasteiger partial charge is 0.394 e. The van der Waals surface area contributed by atoms with Gasteiger partial charge in [-0.3, -0.25) is 4.79 Å². The maximum absolute atomic E-state index is 11.7. The van der Waals surface area contributed by atoms with Crippen molar-refractivity contribution >= 4 is 5.91 Å². The number of amides is 1. The third kappa shape index (κ3) is 11.2. The standard InChI is InChI=1S/C16H33NO3/c1-3-4-5-6-7-8-9-10-11-12-16(20)17(2)13-15(19)14-18/h15,18-19H,3-14H2,1-2H3. The second kappa shape index (κ2) is 13.4. The summed E-state index contributed by atoms with van der Waals surface area (Å²) in [6, 6.07) is 0. The molecule has 1 unspecified atom stereocenters. The fraction of sp³-hybridized carbons (Fsp3) is 0.938. The van der Waals surface area contributed by atoms with E-state index in [4.69, 9.17) is 5.11 Å². The molecule has 0 spiro atoms. The maximum atomic E-state index is 11.7. The van der Waals surface area contributed by atoms with Gasteiger partial charge in [0.05, 0.1) is 12.7 Å². The molecule has 0 aliphatic rings. The van der Waals surface area contributed by atoms with Gasteiger partial charge in [0.1, 0.15) is 0 Å². The lowest BCUT2D eigenvalue weighted by atomic mass is 10.1. The SMILES string of the molecule is CCCCCCCCCCCC(=O)N(C)CC(O)CO. The third-order valence-electron chi connectivity index (χ3n) is 3.62. The van der Waals surface area contributed by atoms with Crippen LogP contribution in [0.15, 0.2) is 0 Å². The molecule has 0 radical (unpaired) electrons. The van der Waals surface area contributed by atoms with Crippen molar-refractivity contribution in [1.29, 1.82) is 0 Å². The molecule has 1 atom stereocenters. The minimum atomic E-state index is -0.827. The van der Waals surface area contributed by atoms with E-state index in [1.165, 1.54) is 49.8 Å². The Kier molecular flexibility index (Phi) is 13.0. The van der Waals surface area contributed by atoms with Gasteiger partial charge < -0.3 is 15.1 Å². The van der Waals surface area contributed by atoms with Gasteiger partial charge in [0.15, 0.2) is 0 Å². The normalized spacial score (nSPS) is 12.4. The van der Waals surface area contributed by atoms with Crippen LogP contribution >= 0.6 is 0 Å². The molecule has 0 saturated carbocycles. The molecule has 0 heterocycles. The predicted molar refractivity (Wildman–Crippen MR) is 82.6 cm³/mol. The molecule has 1 amide bonds. The van der Waals surface area contributed by atoms with Gasteiger partial charge in [-0.15, -0.1) is 0 Å². The zero-order valence-electron chi connectivity index (χ0n) is 13.3. The maximum Gasteiger partial charge on any atom is 0.222 e. The lowest BCUT2D eigenvalue weighted by Gasteiger charge is -2.19. The van der Waals surface area contributed by atoms with E-state index in [9.17, 15) is 9.90 Å². The summed E-state index contributed by atoms with van der Waals surface area (Å²) >= 11 is 0. The van der Waals surface area contributed by atoms with Crippen molar-refractivity contribution in [3.05, 3.63) is 0 Å². The van der Waals surface area contributed by atoms with E-state index >= 15 is 0 Å². The predicted octanol–water partition coefficient (Wildman–Crippen LogP) is 2.72. The summed E-state index contributed by atoms with van der Waals surface area (Å²) < 4.78 is 0. The van der Waals surface area contributed by atoms with Crippen LogP contribution in [0.1, 0.15) is 71.1 Å². The van der Waals surface area contributed by atoms with E-state index in [-0.39, 0.29) is 19.1 Å². The summed E-state index contributed by atoms with van der Waals surface area (Å²) in [5, 5.41) is 18.0. The number of likely N-dealkylation sites (N-methyl/N-ethyl adjacent to an activating group) is 1. The highest BCUT2D eigenvalue weighted by atomic mass is 16.3. The molecule has 0 rings (SSSR count). The van der Waals surface area contributed by atoms with Crippen molar-refractivity contribution in [2.45, 2.75) is 77.2 Å². The lowest BCUT2D eigenvalue weighted by Crippen LogP contribution is -2.35. The van der Waals surface area contributed by atoms with Crippen LogP contribution < -0.4 is 0 Å². The summed E-state index contributed by atoms with van der Waals surface area (Å²) in [5.41, 5.74) is 0. The van der Waals surface area contributed by atoms with Crippen molar-refractivity contribution in [1.82, 2.24) is 4.90 Å². The van der Waals surface area contributed by atoms with Crippen LogP contribution in [0.2, 0.25) is 0 Å². The van der Waals surface area contributed by atoms with Crippen LogP contribution in [0.3, 0.4) is 0 Å². The Morgan fingerprint density at radius 2 is 1.50 bits per heavy atom. The van der Waals surface area contributed by atoms with Gasteiger partial charge in [-0.25, -0.2) is 0 Å². The second-order valence-electron chi connectivity index (χ2n) is 5.69. The molecular weight excluding hydrogens is 254 g/mol. The summed E-state index contributed by atoms with van der Waals surface area (Å²) in [7, 11) is 1.68. The average Bonchev–Trinajstić information content (AvgIpc) is 2.45. The molecule has 2 N–H and O–H groups in total. The van der Waals surface area contributed by atoms with Crippen LogP contribution in [-0.2, 0) is 4.79 Å². The molecule has 0 aliphatic carbocycles. The van der Waals surface area contributed by atoms with E-state index < -0.39 is 6.10 Å². The molecule has 20 heavy (non-hydrogen) atoms. The zero-order chi connectivity index (χ0) is 15.2. The number of carbonyl (C=O) groups excluding carboxylic acids is 1. The summed E-state index contributed by atoms with van der Waals surface area (Å²) in [4.78, 5) is 13.2. The number of aliphatic hydroxyl groups excluding tert-OH is 2. The fourth-order valence-electron chi connectivity index (χ4n) is 2.25. The molecule has 0 fully saturated rings. The molecule has 0 saturated heterocycles. The molecule has 0 aromatic heterocycles. The first-order valence-electron chi connectivity index (χ1n) is 8.14. The molecule has 0 aliphatic heterocycles. The topological polar surface area (TPSA) is 60.8 Å². The summed E-state index contributed by atoms with van der Waals surface area (Å²) in [5.74, 6) is 0.0560. The number of rotatable bonds is 13. The van der Waals surface area contributed by atoms with Gasteiger partial charge in [-0.2, -0.15) is 0 Å². The van der Waals surface area contributed by atoms with Gasteiger partial charge in [-0.1, -0.05) is 58.3 Å². The molecule has 0 aromatic rings. The van der Waals surface area contributed by atoms with Crippen molar-refractivity contribution in [2.75, 3.05) is 20.2 Å². The van der Waals surface area contributed by atoms with Crippen LogP contribution in [0.4, 0.5) is 0 Å². The van der Waals surface area contributed by atoms with E-state index in [0.717, 1.165) is 12.8 Å². The first-order valence-corrected chi connectivity index (χ1v) is 8.14. The minimum absolute atomic E-state index is 0.0560. The number of hydrogen-bond donors (Lipinski definition) is 2. The second-order valence-corrected chi connectivity index (χ2v) is 5.69. The quantitative estimate of drug-likeness (QED) is 0.512. The Morgan fingerprint density at radius 1 is 1.00 bits per heavy atom. The van der Waals surface area contributed by atoms with Crippen LogP contribution in [0.25, 0.3) is 0 Å². The smallest absolute Gasteiger partial charge is 0.222 e. The third-order valence-corrected chi connectivity index (χ3v) is 3.62.